The summed E-state index contributed by atoms with van der Waals surface area (Å²) in [5.41, 5.74) is 0.793. The van der Waals surface area contributed by atoms with Crippen LogP contribution in [0.25, 0.3) is 0 Å². The fourth-order valence-corrected chi connectivity index (χ4v) is 3.22. The van der Waals surface area contributed by atoms with Gasteiger partial charge in [0.2, 0.25) is 10.0 Å². The predicted molar refractivity (Wildman–Crippen MR) is 82.9 cm³/mol. The highest BCUT2D eigenvalue weighted by atomic mass is 35.5. The quantitative estimate of drug-likeness (QED) is 0.930. The molecule has 3 rings (SSSR count). The zero-order valence-electron chi connectivity index (χ0n) is 11.6. The van der Waals surface area contributed by atoms with E-state index in [1.807, 2.05) is 0 Å². The van der Waals surface area contributed by atoms with Gasteiger partial charge in [0.25, 0.3) is 0 Å². The largest absolute Gasteiger partial charge is 0.486 e. The first-order valence-corrected chi connectivity index (χ1v) is 8.54. The number of halogens is 1. The van der Waals surface area contributed by atoms with Gasteiger partial charge < -0.3 is 9.47 Å². The van der Waals surface area contributed by atoms with Crippen molar-refractivity contribution in [2.24, 2.45) is 0 Å². The molecule has 0 fully saturated rings. The van der Waals surface area contributed by atoms with E-state index in [-0.39, 0.29) is 11.4 Å². The van der Waals surface area contributed by atoms with E-state index in [1.165, 1.54) is 12.1 Å². The van der Waals surface area contributed by atoms with Crippen LogP contribution in [0.4, 0.5) is 0 Å². The fourth-order valence-electron chi connectivity index (χ4n) is 2.07. The van der Waals surface area contributed by atoms with Gasteiger partial charge in [0.05, 0.1) is 4.90 Å². The zero-order chi connectivity index (χ0) is 15.6. The van der Waals surface area contributed by atoms with Crippen molar-refractivity contribution in [1.29, 1.82) is 0 Å². The highest BCUT2D eigenvalue weighted by molar-refractivity contribution is 7.89. The Morgan fingerprint density at radius 1 is 1.00 bits per heavy atom. The first-order valence-electron chi connectivity index (χ1n) is 6.68. The molecule has 0 aromatic heterocycles. The second-order valence-corrected chi connectivity index (χ2v) is 6.96. The van der Waals surface area contributed by atoms with E-state index in [1.54, 1.807) is 30.3 Å². The fraction of sp³-hybridized carbons (Fsp3) is 0.200. The monoisotopic (exact) mass is 339 g/mol. The average molecular weight is 340 g/mol. The molecule has 1 N–H and O–H groups in total. The Balaban J connectivity index is 1.73. The Labute approximate surface area is 133 Å². The van der Waals surface area contributed by atoms with Gasteiger partial charge in [-0.2, -0.15) is 0 Å². The summed E-state index contributed by atoms with van der Waals surface area (Å²) in [6.45, 7) is 1.18. The third-order valence-electron chi connectivity index (χ3n) is 3.20. The lowest BCUT2D eigenvalue weighted by Gasteiger charge is -2.19. The Hall–Kier alpha value is -1.76. The van der Waals surface area contributed by atoms with E-state index in [0.29, 0.717) is 29.7 Å². The number of rotatable bonds is 4. The third-order valence-corrected chi connectivity index (χ3v) is 4.87. The smallest absolute Gasteiger partial charge is 0.240 e. The molecule has 1 heterocycles. The maximum atomic E-state index is 12.2. The van der Waals surface area contributed by atoms with E-state index in [4.69, 9.17) is 21.1 Å². The van der Waals surface area contributed by atoms with Gasteiger partial charge in [-0.3, -0.25) is 0 Å². The predicted octanol–water partition coefficient (Wildman–Crippen LogP) is 2.59. The summed E-state index contributed by atoms with van der Waals surface area (Å²) in [5, 5.41) is 0.491. The van der Waals surface area contributed by atoms with Gasteiger partial charge in [0, 0.05) is 11.6 Å². The number of fused-ring (bicyclic) bond motifs is 1. The van der Waals surface area contributed by atoms with Gasteiger partial charge in [0.15, 0.2) is 11.5 Å². The third kappa shape index (κ3) is 3.35. The topological polar surface area (TPSA) is 64.6 Å². The van der Waals surface area contributed by atoms with Crippen molar-refractivity contribution in [3.8, 4) is 11.5 Å². The molecule has 0 saturated heterocycles. The SMILES string of the molecule is O=S(=O)(NCc1ccc2c(c1)OCCO2)c1ccc(Cl)cc1. The summed E-state index contributed by atoms with van der Waals surface area (Å²) < 4.78 is 37.8. The average Bonchev–Trinajstić information content (AvgIpc) is 2.53. The minimum Gasteiger partial charge on any atom is -0.486 e. The van der Waals surface area contributed by atoms with Crippen LogP contribution in [0.3, 0.4) is 0 Å². The van der Waals surface area contributed by atoms with Crippen LogP contribution in [-0.2, 0) is 16.6 Å². The van der Waals surface area contributed by atoms with E-state index in [0.717, 1.165) is 5.56 Å². The van der Waals surface area contributed by atoms with Crippen LogP contribution in [0, 0.1) is 0 Å². The Morgan fingerprint density at radius 2 is 1.68 bits per heavy atom. The molecule has 0 radical (unpaired) electrons. The molecule has 1 aliphatic heterocycles. The molecule has 0 atom stereocenters. The lowest BCUT2D eigenvalue weighted by atomic mass is 10.2. The second-order valence-electron chi connectivity index (χ2n) is 4.76. The van der Waals surface area contributed by atoms with Crippen LogP contribution in [0.15, 0.2) is 47.4 Å². The number of hydrogen-bond acceptors (Lipinski definition) is 4. The zero-order valence-corrected chi connectivity index (χ0v) is 13.2. The van der Waals surface area contributed by atoms with Crippen molar-refractivity contribution in [1.82, 2.24) is 4.72 Å². The van der Waals surface area contributed by atoms with Gasteiger partial charge in [-0.05, 0) is 42.0 Å². The van der Waals surface area contributed by atoms with Crippen molar-refractivity contribution in [3.63, 3.8) is 0 Å². The van der Waals surface area contributed by atoms with E-state index >= 15 is 0 Å². The summed E-state index contributed by atoms with van der Waals surface area (Å²) in [7, 11) is -3.58. The Morgan fingerprint density at radius 3 is 2.41 bits per heavy atom. The molecule has 0 saturated carbocycles. The van der Waals surface area contributed by atoms with Crippen LogP contribution < -0.4 is 14.2 Å². The molecule has 1 aliphatic rings. The van der Waals surface area contributed by atoms with Gasteiger partial charge in [-0.15, -0.1) is 0 Å². The van der Waals surface area contributed by atoms with Gasteiger partial charge in [-0.1, -0.05) is 17.7 Å². The Kier molecular flexibility index (Phi) is 4.24. The standard InChI is InChI=1S/C15H14ClNO4S/c16-12-2-4-13(5-3-12)22(18,19)17-10-11-1-6-14-15(9-11)21-8-7-20-14/h1-6,9,17H,7-8,10H2. The van der Waals surface area contributed by atoms with Crippen molar-refractivity contribution in [2.75, 3.05) is 13.2 Å². The summed E-state index contributed by atoms with van der Waals surface area (Å²) >= 11 is 5.76. The lowest BCUT2D eigenvalue weighted by molar-refractivity contribution is 0.171. The normalized spacial score (nSPS) is 13.9. The van der Waals surface area contributed by atoms with Crippen molar-refractivity contribution >= 4 is 21.6 Å². The van der Waals surface area contributed by atoms with Gasteiger partial charge in [0.1, 0.15) is 13.2 Å². The number of nitrogens with one attached hydrogen (secondary N) is 1. The van der Waals surface area contributed by atoms with E-state index < -0.39 is 10.0 Å². The summed E-state index contributed by atoms with van der Waals surface area (Å²) in [5.74, 6) is 1.31. The molecule has 0 bridgehead atoms. The molecule has 0 amide bonds. The minimum absolute atomic E-state index is 0.168. The first kappa shape index (κ1) is 15.1. The van der Waals surface area contributed by atoms with E-state index in [2.05, 4.69) is 4.72 Å². The van der Waals surface area contributed by atoms with Crippen LogP contribution in [-0.4, -0.2) is 21.6 Å². The van der Waals surface area contributed by atoms with E-state index in [9.17, 15) is 8.42 Å². The summed E-state index contributed by atoms with van der Waals surface area (Å²) in [6.07, 6.45) is 0. The minimum atomic E-state index is -3.58. The molecular formula is C15H14ClNO4S. The number of hydrogen-bond donors (Lipinski definition) is 1. The number of benzene rings is 2. The molecule has 0 unspecified atom stereocenters. The van der Waals surface area contributed by atoms with Crippen LogP contribution >= 0.6 is 11.6 Å². The maximum Gasteiger partial charge on any atom is 0.240 e. The first-order chi connectivity index (χ1) is 10.5. The Bertz CT molecular complexity index is 775. The summed E-state index contributed by atoms with van der Waals surface area (Å²) in [4.78, 5) is 0.175. The second kappa shape index (κ2) is 6.16. The highest BCUT2D eigenvalue weighted by Crippen LogP contribution is 2.30. The van der Waals surface area contributed by atoms with Crippen LogP contribution in [0.5, 0.6) is 11.5 Å². The van der Waals surface area contributed by atoms with Gasteiger partial charge >= 0.3 is 0 Å². The lowest BCUT2D eigenvalue weighted by Crippen LogP contribution is -2.23. The molecule has 2 aromatic carbocycles. The highest BCUT2D eigenvalue weighted by Gasteiger charge is 2.15. The van der Waals surface area contributed by atoms with Crippen molar-refractivity contribution < 1.29 is 17.9 Å². The summed E-state index contributed by atoms with van der Waals surface area (Å²) in [6, 6.07) is 11.4. The van der Waals surface area contributed by atoms with Crippen LogP contribution in [0.1, 0.15) is 5.56 Å². The van der Waals surface area contributed by atoms with Crippen LogP contribution in [0.2, 0.25) is 5.02 Å². The molecular weight excluding hydrogens is 326 g/mol. The molecule has 7 heteroatoms. The number of sulfonamides is 1. The maximum absolute atomic E-state index is 12.2. The molecule has 22 heavy (non-hydrogen) atoms. The molecule has 5 nitrogen and oxygen atoms in total. The van der Waals surface area contributed by atoms with Crippen molar-refractivity contribution in [2.45, 2.75) is 11.4 Å². The van der Waals surface area contributed by atoms with Gasteiger partial charge in [-0.25, -0.2) is 13.1 Å². The number of ether oxygens (including phenoxy) is 2. The molecule has 116 valence electrons. The molecule has 2 aromatic rings. The molecule has 0 spiro atoms. The van der Waals surface area contributed by atoms with Crippen molar-refractivity contribution in [3.05, 3.63) is 53.1 Å². The molecule has 0 aliphatic carbocycles.